The van der Waals surface area contributed by atoms with Crippen molar-refractivity contribution in [3.63, 3.8) is 0 Å². The fraction of sp³-hybridized carbons (Fsp3) is 0.273. The molecule has 0 aliphatic carbocycles. The Morgan fingerprint density at radius 1 is 1.07 bits per heavy atom. The van der Waals surface area contributed by atoms with Gasteiger partial charge in [0.15, 0.2) is 6.10 Å². The summed E-state index contributed by atoms with van der Waals surface area (Å²) in [4.78, 5) is 23.9. The fourth-order valence-corrected chi connectivity index (χ4v) is 2.37. The van der Waals surface area contributed by atoms with E-state index in [4.69, 9.17) is 9.47 Å². The molecule has 142 valence electrons. The Labute approximate surface area is 160 Å². The third-order valence-electron chi connectivity index (χ3n) is 4.02. The summed E-state index contributed by atoms with van der Waals surface area (Å²) in [6.45, 7) is 4.02. The molecule has 2 aromatic rings. The zero-order valence-corrected chi connectivity index (χ0v) is 15.9. The summed E-state index contributed by atoms with van der Waals surface area (Å²) in [6.07, 6.45) is 2.82. The number of methoxy groups -OCH3 is 1. The van der Waals surface area contributed by atoms with Crippen molar-refractivity contribution in [2.75, 3.05) is 13.7 Å². The molecule has 0 heterocycles. The van der Waals surface area contributed by atoms with E-state index in [1.54, 1.807) is 20.1 Å². The smallest absolute Gasteiger partial charge is 0.331 e. The van der Waals surface area contributed by atoms with Gasteiger partial charge in [-0.25, -0.2) is 4.79 Å². The molecular formula is C22H25NO4. The van der Waals surface area contributed by atoms with Crippen molar-refractivity contribution in [1.82, 2.24) is 5.32 Å². The highest BCUT2D eigenvalue weighted by Gasteiger charge is 2.15. The minimum atomic E-state index is -0.851. The van der Waals surface area contributed by atoms with Gasteiger partial charge in [0, 0.05) is 12.6 Å². The first-order valence-electron chi connectivity index (χ1n) is 8.84. The molecule has 0 spiro atoms. The van der Waals surface area contributed by atoms with Crippen molar-refractivity contribution in [3.8, 4) is 5.75 Å². The normalized spacial score (nSPS) is 11.8. The number of amides is 1. The van der Waals surface area contributed by atoms with Crippen LogP contribution in [0.5, 0.6) is 5.75 Å². The summed E-state index contributed by atoms with van der Waals surface area (Å²) in [5.41, 5.74) is 3.13. The van der Waals surface area contributed by atoms with E-state index in [0.29, 0.717) is 13.0 Å². The van der Waals surface area contributed by atoms with Crippen molar-refractivity contribution in [2.45, 2.75) is 26.4 Å². The lowest BCUT2D eigenvalue weighted by Gasteiger charge is -2.12. The predicted molar refractivity (Wildman–Crippen MR) is 105 cm³/mol. The second-order valence-corrected chi connectivity index (χ2v) is 6.21. The monoisotopic (exact) mass is 367 g/mol. The molecule has 1 atom stereocenters. The fourth-order valence-electron chi connectivity index (χ4n) is 2.37. The van der Waals surface area contributed by atoms with E-state index < -0.39 is 12.1 Å². The third kappa shape index (κ3) is 6.98. The molecule has 1 amide bonds. The van der Waals surface area contributed by atoms with Crippen LogP contribution < -0.4 is 10.1 Å². The summed E-state index contributed by atoms with van der Waals surface area (Å²) >= 11 is 0. The van der Waals surface area contributed by atoms with E-state index in [9.17, 15) is 9.59 Å². The second-order valence-electron chi connectivity index (χ2n) is 6.21. The summed E-state index contributed by atoms with van der Waals surface area (Å²) in [6, 6.07) is 15.4. The van der Waals surface area contributed by atoms with Crippen LogP contribution in [0, 0.1) is 6.92 Å². The number of esters is 1. The minimum absolute atomic E-state index is 0.319. The predicted octanol–water partition coefficient (Wildman–Crippen LogP) is 3.31. The Kier molecular flexibility index (Phi) is 7.62. The van der Waals surface area contributed by atoms with Gasteiger partial charge in [0.25, 0.3) is 5.91 Å². The van der Waals surface area contributed by atoms with Crippen molar-refractivity contribution in [1.29, 1.82) is 0 Å². The van der Waals surface area contributed by atoms with Gasteiger partial charge in [0.05, 0.1) is 7.11 Å². The van der Waals surface area contributed by atoms with Crippen molar-refractivity contribution < 1.29 is 19.1 Å². The molecule has 0 saturated carbocycles. The standard InChI is InChI=1S/C22H25NO4/c1-16-4-6-18(7-5-16)10-13-21(24)27-17(2)22(25)23-15-14-19-8-11-20(26-3)12-9-19/h4-13,17H,14-15H2,1-3H3,(H,23,25)/b13-10+/t17-/m1/s1. The minimum Gasteiger partial charge on any atom is -0.497 e. The van der Waals surface area contributed by atoms with Crippen LogP contribution in [-0.2, 0) is 20.7 Å². The van der Waals surface area contributed by atoms with Gasteiger partial charge in [-0.1, -0.05) is 42.0 Å². The number of aryl methyl sites for hydroxylation is 1. The first kappa shape index (κ1) is 20.2. The average Bonchev–Trinajstić information content (AvgIpc) is 2.68. The maximum atomic E-state index is 12.0. The lowest BCUT2D eigenvalue weighted by Crippen LogP contribution is -2.36. The van der Waals surface area contributed by atoms with E-state index in [2.05, 4.69) is 5.32 Å². The van der Waals surface area contributed by atoms with E-state index in [-0.39, 0.29) is 5.91 Å². The highest BCUT2D eigenvalue weighted by Crippen LogP contribution is 2.11. The summed E-state index contributed by atoms with van der Waals surface area (Å²) in [5.74, 6) is -0.0732. The SMILES string of the molecule is COc1ccc(CCNC(=O)[C@@H](C)OC(=O)/C=C/c2ccc(C)cc2)cc1. The summed E-state index contributed by atoms with van der Waals surface area (Å²) in [7, 11) is 1.62. The summed E-state index contributed by atoms with van der Waals surface area (Å²) < 4.78 is 10.2. The second kappa shape index (κ2) is 10.2. The molecule has 0 aromatic heterocycles. The number of hydrogen-bond donors (Lipinski definition) is 1. The van der Waals surface area contributed by atoms with Gasteiger partial charge in [-0.2, -0.15) is 0 Å². The molecule has 1 N–H and O–H groups in total. The van der Waals surface area contributed by atoms with Crippen molar-refractivity contribution in [2.24, 2.45) is 0 Å². The topological polar surface area (TPSA) is 64.6 Å². The Bertz CT molecular complexity index is 779. The van der Waals surface area contributed by atoms with Crippen molar-refractivity contribution >= 4 is 18.0 Å². The van der Waals surface area contributed by atoms with Crippen LogP contribution in [0.4, 0.5) is 0 Å². The molecule has 0 radical (unpaired) electrons. The van der Waals surface area contributed by atoms with Gasteiger partial charge in [0.1, 0.15) is 5.75 Å². The van der Waals surface area contributed by atoms with Crippen molar-refractivity contribution in [3.05, 3.63) is 71.3 Å². The molecule has 0 aliphatic heterocycles. The number of nitrogens with one attached hydrogen (secondary N) is 1. The maximum Gasteiger partial charge on any atom is 0.331 e. The molecule has 0 aliphatic rings. The number of carbonyl (C=O) groups excluding carboxylic acids is 2. The number of rotatable bonds is 8. The molecule has 0 fully saturated rings. The van der Waals surface area contributed by atoms with E-state index in [0.717, 1.165) is 22.4 Å². The molecule has 5 nitrogen and oxygen atoms in total. The van der Waals surface area contributed by atoms with Crippen LogP contribution in [0.3, 0.4) is 0 Å². The lowest BCUT2D eigenvalue weighted by atomic mass is 10.1. The van der Waals surface area contributed by atoms with Crippen LogP contribution in [-0.4, -0.2) is 31.6 Å². The molecule has 2 rings (SSSR count). The highest BCUT2D eigenvalue weighted by molar-refractivity contribution is 5.90. The van der Waals surface area contributed by atoms with Crippen LogP contribution >= 0.6 is 0 Å². The molecule has 5 heteroatoms. The lowest BCUT2D eigenvalue weighted by molar-refractivity contribution is -0.150. The van der Waals surface area contributed by atoms with Crippen LogP contribution in [0.25, 0.3) is 6.08 Å². The third-order valence-corrected chi connectivity index (χ3v) is 4.02. The van der Waals surface area contributed by atoms with Crippen LogP contribution in [0.1, 0.15) is 23.6 Å². The zero-order valence-electron chi connectivity index (χ0n) is 15.9. The Morgan fingerprint density at radius 2 is 1.74 bits per heavy atom. The van der Waals surface area contributed by atoms with Gasteiger partial charge in [-0.05, 0) is 49.6 Å². The molecule has 2 aromatic carbocycles. The maximum absolute atomic E-state index is 12.0. The average molecular weight is 367 g/mol. The highest BCUT2D eigenvalue weighted by atomic mass is 16.5. The summed E-state index contributed by atoms with van der Waals surface area (Å²) in [5, 5.41) is 2.77. The van der Waals surface area contributed by atoms with E-state index in [1.165, 1.54) is 6.08 Å². The Morgan fingerprint density at radius 3 is 2.37 bits per heavy atom. The van der Waals surface area contributed by atoms with Gasteiger partial charge >= 0.3 is 5.97 Å². The largest absolute Gasteiger partial charge is 0.497 e. The quantitative estimate of drug-likeness (QED) is 0.574. The first-order chi connectivity index (χ1) is 13.0. The van der Waals surface area contributed by atoms with Crippen LogP contribution in [0.2, 0.25) is 0 Å². The van der Waals surface area contributed by atoms with E-state index >= 15 is 0 Å². The van der Waals surface area contributed by atoms with E-state index in [1.807, 2.05) is 55.5 Å². The number of ether oxygens (including phenoxy) is 2. The van der Waals surface area contributed by atoms with Gasteiger partial charge in [-0.3, -0.25) is 4.79 Å². The molecule has 0 saturated heterocycles. The molecular weight excluding hydrogens is 342 g/mol. The van der Waals surface area contributed by atoms with Gasteiger partial charge in [0.2, 0.25) is 0 Å². The Hall–Kier alpha value is -3.08. The first-order valence-corrected chi connectivity index (χ1v) is 8.84. The van der Waals surface area contributed by atoms with Crippen LogP contribution in [0.15, 0.2) is 54.6 Å². The van der Waals surface area contributed by atoms with Gasteiger partial charge in [-0.15, -0.1) is 0 Å². The molecule has 0 unspecified atom stereocenters. The molecule has 0 bridgehead atoms. The zero-order chi connectivity index (χ0) is 19.6. The molecule has 27 heavy (non-hydrogen) atoms. The Balaban J connectivity index is 1.73. The number of hydrogen-bond acceptors (Lipinski definition) is 4. The van der Waals surface area contributed by atoms with Gasteiger partial charge < -0.3 is 14.8 Å². The number of carbonyl (C=O) groups is 2. The number of benzene rings is 2.